The topological polar surface area (TPSA) is 69.6 Å². The minimum atomic E-state index is -0.792. The maximum Gasteiger partial charge on any atom is 0.239 e. The third-order valence-electron chi connectivity index (χ3n) is 4.00. The number of nitrogens with one attached hydrogen (secondary N) is 1. The average Bonchev–Trinajstić information content (AvgIpc) is 2.53. The summed E-state index contributed by atoms with van der Waals surface area (Å²) in [6.45, 7) is 0.806. The Balaban J connectivity index is 1.79. The van der Waals surface area contributed by atoms with E-state index in [0.29, 0.717) is 23.6 Å². The van der Waals surface area contributed by atoms with Crippen molar-refractivity contribution in [1.82, 2.24) is 10.2 Å². The highest BCUT2D eigenvalue weighted by molar-refractivity contribution is 6.30. The van der Waals surface area contributed by atoms with Crippen molar-refractivity contribution in [3.8, 4) is 0 Å². The maximum atomic E-state index is 12.0. The molecule has 0 aliphatic carbocycles. The second-order valence-corrected chi connectivity index (χ2v) is 6.29. The van der Waals surface area contributed by atoms with E-state index in [9.17, 15) is 14.7 Å². The lowest BCUT2D eigenvalue weighted by Crippen LogP contribution is -2.42. The monoisotopic (exact) mass is 338 g/mol. The molecule has 5 nitrogen and oxygen atoms in total. The summed E-state index contributed by atoms with van der Waals surface area (Å²) in [6, 6.07) is 6.84. The van der Waals surface area contributed by atoms with Crippen molar-refractivity contribution in [3.63, 3.8) is 0 Å². The largest absolute Gasteiger partial charge is 0.387 e. The van der Waals surface area contributed by atoms with Gasteiger partial charge < -0.3 is 15.3 Å². The van der Waals surface area contributed by atoms with Gasteiger partial charge in [0.05, 0.1) is 12.6 Å². The number of hydrogen-bond acceptors (Lipinski definition) is 3. The fraction of sp³-hybridized carbons (Fsp3) is 0.529. The molecular formula is C17H23ClN2O3. The van der Waals surface area contributed by atoms with E-state index < -0.39 is 6.10 Å². The van der Waals surface area contributed by atoms with Crippen molar-refractivity contribution in [1.29, 1.82) is 0 Å². The van der Waals surface area contributed by atoms with Crippen molar-refractivity contribution in [2.45, 2.75) is 38.2 Å². The predicted molar refractivity (Wildman–Crippen MR) is 89.1 cm³/mol. The van der Waals surface area contributed by atoms with Crippen molar-refractivity contribution in [2.75, 3.05) is 19.6 Å². The standard InChI is InChI=1S/C17H23ClN2O3/c18-14-8-6-13(7-9-14)15(21)11-19-16(22)12-20-10-4-2-1-3-5-17(20)23/h6-9,15,21H,1-5,10-12H2,(H,19,22)/t15-/m1/s1. The number of hydrogen-bond donors (Lipinski definition) is 2. The van der Waals surface area contributed by atoms with E-state index in [-0.39, 0.29) is 24.9 Å². The van der Waals surface area contributed by atoms with Crippen molar-refractivity contribution < 1.29 is 14.7 Å². The third-order valence-corrected chi connectivity index (χ3v) is 4.26. The number of halogens is 1. The van der Waals surface area contributed by atoms with Crippen molar-refractivity contribution in [2.24, 2.45) is 0 Å². The second kappa shape index (κ2) is 8.89. The number of rotatable bonds is 5. The van der Waals surface area contributed by atoms with Crippen molar-refractivity contribution >= 4 is 23.4 Å². The molecule has 0 aromatic heterocycles. The fourth-order valence-electron chi connectivity index (χ4n) is 2.63. The summed E-state index contributed by atoms with van der Waals surface area (Å²) < 4.78 is 0. The number of benzene rings is 1. The molecule has 2 N–H and O–H groups in total. The number of aliphatic hydroxyl groups excluding tert-OH is 1. The van der Waals surface area contributed by atoms with Gasteiger partial charge in [0, 0.05) is 24.5 Å². The van der Waals surface area contributed by atoms with Gasteiger partial charge in [0.2, 0.25) is 11.8 Å². The van der Waals surface area contributed by atoms with Crippen LogP contribution in [-0.2, 0) is 9.59 Å². The summed E-state index contributed by atoms with van der Waals surface area (Å²) in [5.74, 6) is -0.204. The first-order chi connectivity index (χ1) is 11.1. The summed E-state index contributed by atoms with van der Waals surface area (Å²) in [4.78, 5) is 25.6. The summed E-state index contributed by atoms with van der Waals surface area (Å²) in [6.07, 6.45) is 3.73. The van der Waals surface area contributed by atoms with E-state index in [1.807, 2.05) is 0 Å². The summed E-state index contributed by atoms with van der Waals surface area (Å²) >= 11 is 5.80. The molecule has 6 heteroatoms. The van der Waals surface area contributed by atoms with Crippen LogP contribution < -0.4 is 5.32 Å². The molecule has 1 aliphatic heterocycles. The second-order valence-electron chi connectivity index (χ2n) is 5.85. The average molecular weight is 339 g/mol. The fourth-order valence-corrected chi connectivity index (χ4v) is 2.75. The minimum Gasteiger partial charge on any atom is -0.387 e. The molecule has 1 fully saturated rings. The zero-order valence-electron chi connectivity index (χ0n) is 13.1. The molecule has 1 aromatic rings. The first-order valence-electron chi connectivity index (χ1n) is 8.04. The Kier molecular flexibility index (Phi) is 6.86. The van der Waals surface area contributed by atoms with Gasteiger partial charge in [-0.1, -0.05) is 36.6 Å². The number of likely N-dealkylation sites (tertiary alicyclic amines) is 1. The Morgan fingerprint density at radius 1 is 1.22 bits per heavy atom. The molecule has 1 heterocycles. The summed E-state index contributed by atoms with van der Waals surface area (Å²) in [5.41, 5.74) is 0.692. The van der Waals surface area contributed by atoms with Crippen LogP contribution in [0.25, 0.3) is 0 Å². The Hall–Kier alpha value is -1.59. The van der Waals surface area contributed by atoms with E-state index >= 15 is 0 Å². The number of aliphatic hydroxyl groups is 1. The molecule has 1 saturated heterocycles. The van der Waals surface area contributed by atoms with Crippen molar-refractivity contribution in [3.05, 3.63) is 34.9 Å². The SMILES string of the molecule is O=C(CN1CCCCCCC1=O)NC[C@@H](O)c1ccc(Cl)cc1. The molecule has 23 heavy (non-hydrogen) atoms. The van der Waals surface area contributed by atoms with Gasteiger partial charge in [-0.05, 0) is 30.5 Å². The van der Waals surface area contributed by atoms with Crippen LogP contribution in [-0.4, -0.2) is 41.5 Å². The van der Waals surface area contributed by atoms with Gasteiger partial charge in [-0.25, -0.2) is 0 Å². The van der Waals surface area contributed by atoms with E-state index in [1.54, 1.807) is 29.2 Å². The van der Waals surface area contributed by atoms with Gasteiger partial charge >= 0.3 is 0 Å². The molecule has 1 atom stereocenters. The van der Waals surface area contributed by atoms with E-state index in [1.165, 1.54) is 0 Å². The number of amides is 2. The minimum absolute atomic E-state index is 0.0399. The third kappa shape index (κ3) is 5.84. The predicted octanol–water partition coefficient (Wildman–Crippen LogP) is 2.28. The lowest BCUT2D eigenvalue weighted by Gasteiger charge is -2.24. The van der Waals surface area contributed by atoms with Crippen LogP contribution in [0.2, 0.25) is 5.02 Å². The molecule has 1 aliphatic rings. The van der Waals surface area contributed by atoms with Gasteiger partial charge in [0.25, 0.3) is 0 Å². The van der Waals surface area contributed by atoms with Crippen LogP contribution in [0.4, 0.5) is 0 Å². The molecule has 0 radical (unpaired) electrons. The quantitative estimate of drug-likeness (QED) is 0.865. The molecule has 126 valence electrons. The molecule has 1 aromatic carbocycles. The van der Waals surface area contributed by atoms with Gasteiger partial charge in [0.15, 0.2) is 0 Å². The van der Waals surface area contributed by atoms with Gasteiger partial charge in [-0.3, -0.25) is 9.59 Å². The zero-order valence-corrected chi connectivity index (χ0v) is 13.9. The smallest absolute Gasteiger partial charge is 0.239 e. The normalized spacial score (nSPS) is 17.3. The van der Waals surface area contributed by atoms with E-state index in [2.05, 4.69) is 5.32 Å². The molecule has 0 saturated carbocycles. The highest BCUT2D eigenvalue weighted by Gasteiger charge is 2.18. The van der Waals surface area contributed by atoms with E-state index in [0.717, 1.165) is 25.7 Å². The first kappa shape index (κ1) is 17.8. The lowest BCUT2D eigenvalue weighted by molar-refractivity contribution is -0.136. The van der Waals surface area contributed by atoms with Gasteiger partial charge in [-0.2, -0.15) is 0 Å². The first-order valence-corrected chi connectivity index (χ1v) is 8.42. The highest BCUT2D eigenvalue weighted by atomic mass is 35.5. The molecule has 2 amide bonds. The van der Waals surface area contributed by atoms with Crippen LogP contribution in [0.15, 0.2) is 24.3 Å². The summed E-state index contributed by atoms with van der Waals surface area (Å²) in [5, 5.41) is 13.3. The highest BCUT2D eigenvalue weighted by Crippen LogP contribution is 2.16. The number of nitrogens with zero attached hydrogens (tertiary/aromatic N) is 1. The Bertz CT molecular complexity index is 533. The lowest BCUT2D eigenvalue weighted by atomic mass is 10.1. The van der Waals surface area contributed by atoms with E-state index in [4.69, 9.17) is 11.6 Å². The van der Waals surface area contributed by atoms with Crippen LogP contribution in [0.3, 0.4) is 0 Å². The molecular weight excluding hydrogens is 316 g/mol. The Morgan fingerprint density at radius 2 is 1.91 bits per heavy atom. The molecule has 2 rings (SSSR count). The molecule has 0 bridgehead atoms. The van der Waals surface area contributed by atoms with Crippen LogP contribution >= 0.6 is 11.6 Å². The maximum absolute atomic E-state index is 12.0. The number of carbonyl (C=O) groups is 2. The Labute approximate surface area is 141 Å². The zero-order chi connectivity index (χ0) is 16.7. The summed E-state index contributed by atoms with van der Waals surface area (Å²) in [7, 11) is 0. The molecule has 0 spiro atoms. The van der Waals surface area contributed by atoms with Gasteiger partial charge in [0.1, 0.15) is 0 Å². The van der Waals surface area contributed by atoms with Crippen LogP contribution in [0, 0.1) is 0 Å². The van der Waals surface area contributed by atoms with Crippen LogP contribution in [0.1, 0.15) is 43.8 Å². The number of carbonyl (C=O) groups excluding carboxylic acids is 2. The molecule has 0 unspecified atom stereocenters. The van der Waals surface area contributed by atoms with Crippen LogP contribution in [0.5, 0.6) is 0 Å². The van der Waals surface area contributed by atoms with Gasteiger partial charge in [-0.15, -0.1) is 0 Å². The Morgan fingerprint density at radius 3 is 2.65 bits per heavy atom.